The second-order valence-electron chi connectivity index (χ2n) is 9.39. The predicted molar refractivity (Wildman–Crippen MR) is 123 cm³/mol. The van der Waals surface area contributed by atoms with E-state index in [-0.39, 0.29) is 18.0 Å². The van der Waals surface area contributed by atoms with Crippen LogP contribution in [0.15, 0.2) is 40.4 Å². The first kappa shape index (κ1) is 21.9. The van der Waals surface area contributed by atoms with Gasteiger partial charge in [-0.2, -0.15) is 5.10 Å². The largest absolute Gasteiger partial charge is 0.380 e. The van der Waals surface area contributed by atoms with Crippen molar-refractivity contribution in [1.82, 2.24) is 20.1 Å². The SMILES string of the molecule is CSc1c(N[C@@H]2C[C@@H]3C[C@H]([C@H]2C)C3(C)C)cnn(CC(=O)NCc2ccncc2)c1=O. The molecule has 4 atom stereocenters. The van der Waals surface area contributed by atoms with Crippen LogP contribution in [0.25, 0.3) is 0 Å². The minimum absolute atomic E-state index is 0.101. The summed E-state index contributed by atoms with van der Waals surface area (Å²) >= 11 is 1.40. The molecular weight excluding hydrogens is 410 g/mol. The van der Waals surface area contributed by atoms with Crippen molar-refractivity contribution in [3.05, 3.63) is 46.6 Å². The number of hydrogen-bond acceptors (Lipinski definition) is 6. The van der Waals surface area contributed by atoms with E-state index in [0.717, 1.165) is 29.5 Å². The van der Waals surface area contributed by atoms with Crippen molar-refractivity contribution < 1.29 is 4.79 Å². The van der Waals surface area contributed by atoms with Crippen molar-refractivity contribution in [2.24, 2.45) is 23.2 Å². The highest BCUT2D eigenvalue weighted by Gasteiger charge is 2.56. The Labute approximate surface area is 187 Å². The molecule has 166 valence electrons. The Morgan fingerprint density at radius 3 is 2.68 bits per heavy atom. The highest BCUT2D eigenvalue weighted by atomic mass is 32.2. The molecule has 8 heteroatoms. The van der Waals surface area contributed by atoms with Gasteiger partial charge in [0, 0.05) is 25.0 Å². The summed E-state index contributed by atoms with van der Waals surface area (Å²) in [5.74, 6) is 1.76. The van der Waals surface area contributed by atoms with Crippen molar-refractivity contribution in [3.8, 4) is 0 Å². The van der Waals surface area contributed by atoms with E-state index in [1.807, 2.05) is 18.4 Å². The van der Waals surface area contributed by atoms with Crippen molar-refractivity contribution in [2.75, 3.05) is 11.6 Å². The van der Waals surface area contributed by atoms with Crippen LogP contribution in [0.3, 0.4) is 0 Å². The molecule has 0 aromatic carbocycles. The van der Waals surface area contributed by atoms with Crippen LogP contribution in [-0.2, 0) is 17.9 Å². The summed E-state index contributed by atoms with van der Waals surface area (Å²) in [6.45, 7) is 7.38. The number of nitrogens with one attached hydrogen (secondary N) is 2. The Hall–Kier alpha value is -2.35. The first-order valence-electron chi connectivity index (χ1n) is 10.9. The molecule has 7 nitrogen and oxygen atoms in total. The fourth-order valence-electron chi connectivity index (χ4n) is 5.32. The first-order valence-corrected chi connectivity index (χ1v) is 12.1. The normalized spacial score (nSPS) is 26.1. The lowest BCUT2D eigenvalue weighted by Crippen LogP contribution is -2.58. The van der Waals surface area contributed by atoms with Gasteiger partial charge in [-0.15, -0.1) is 11.8 Å². The van der Waals surface area contributed by atoms with Gasteiger partial charge in [0.05, 0.1) is 16.8 Å². The highest BCUT2D eigenvalue weighted by Crippen LogP contribution is 2.61. The summed E-state index contributed by atoms with van der Waals surface area (Å²) in [4.78, 5) is 29.9. The van der Waals surface area contributed by atoms with Gasteiger partial charge >= 0.3 is 0 Å². The molecule has 31 heavy (non-hydrogen) atoms. The Bertz CT molecular complexity index is 1010. The molecule has 2 N–H and O–H groups in total. The molecule has 2 heterocycles. The van der Waals surface area contributed by atoms with Crippen LogP contribution < -0.4 is 16.2 Å². The minimum Gasteiger partial charge on any atom is -0.380 e. The summed E-state index contributed by atoms with van der Waals surface area (Å²) < 4.78 is 1.24. The van der Waals surface area contributed by atoms with Crippen LogP contribution in [0.5, 0.6) is 0 Å². The Balaban J connectivity index is 1.43. The number of pyridine rings is 1. The van der Waals surface area contributed by atoms with E-state index in [4.69, 9.17) is 0 Å². The number of carbonyl (C=O) groups excluding carboxylic acids is 1. The Kier molecular flexibility index (Phi) is 6.10. The van der Waals surface area contributed by atoms with E-state index in [2.05, 4.69) is 41.5 Å². The zero-order chi connectivity index (χ0) is 22.2. The van der Waals surface area contributed by atoms with Gasteiger partial charge in [-0.1, -0.05) is 20.8 Å². The van der Waals surface area contributed by atoms with Crippen molar-refractivity contribution in [3.63, 3.8) is 0 Å². The minimum atomic E-state index is -0.248. The molecule has 3 aliphatic carbocycles. The number of fused-ring (bicyclic) bond motifs is 2. The second kappa shape index (κ2) is 8.65. The van der Waals surface area contributed by atoms with Gasteiger partial charge in [-0.3, -0.25) is 14.6 Å². The third-order valence-electron chi connectivity index (χ3n) is 7.43. The molecule has 2 aromatic heterocycles. The average Bonchev–Trinajstić information content (AvgIpc) is 2.76. The van der Waals surface area contributed by atoms with Gasteiger partial charge in [-0.05, 0) is 60.0 Å². The molecule has 3 fully saturated rings. The summed E-state index contributed by atoms with van der Waals surface area (Å²) in [5.41, 5.74) is 1.92. The highest BCUT2D eigenvalue weighted by molar-refractivity contribution is 7.98. The maximum absolute atomic E-state index is 13.0. The fraction of sp³-hybridized carbons (Fsp3) is 0.565. The average molecular weight is 442 g/mol. The summed E-state index contributed by atoms with van der Waals surface area (Å²) in [5, 5.41) is 10.7. The summed E-state index contributed by atoms with van der Waals surface area (Å²) in [6.07, 6.45) is 9.39. The molecule has 2 bridgehead atoms. The molecular formula is C23H31N5O2S. The van der Waals surface area contributed by atoms with Crippen LogP contribution in [0.1, 0.15) is 39.2 Å². The zero-order valence-corrected chi connectivity index (χ0v) is 19.4. The molecule has 0 saturated heterocycles. The van der Waals surface area contributed by atoms with Gasteiger partial charge in [-0.25, -0.2) is 4.68 Å². The van der Waals surface area contributed by atoms with Gasteiger partial charge in [0.25, 0.3) is 5.56 Å². The Morgan fingerprint density at radius 2 is 2.03 bits per heavy atom. The molecule has 3 aliphatic rings. The van der Waals surface area contributed by atoms with E-state index in [9.17, 15) is 9.59 Å². The number of aromatic nitrogens is 3. The maximum Gasteiger partial charge on any atom is 0.283 e. The summed E-state index contributed by atoms with van der Waals surface area (Å²) in [6, 6.07) is 4.03. The third kappa shape index (κ3) is 4.22. The monoisotopic (exact) mass is 441 g/mol. The number of amides is 1. The number of thioether (sulfide) groups is 1. The molecule has 0 radical (unpaired) electrons. The standard InChI is InChI=1S/C23H31N5O2S/c1-14-17-9-16(23(17,2)3)10-18(14)27-19-12-26-28(22(30)21(19)31-4)13-20(29)25-11-15-5-7-24-8-6-15/h5-8,12,14,16-18,27H,9-11,13H2,1-4H3,(H,25,29)/t14-,16+,17-,18-/m1/s1. The lowest BCUT2D eigenvalue weighted by Gasteiger charge is -2.62. The van der Waals surface area contributed by atoms with E-state index >= 15 is 0 Å². The lowest BCUT2D eigenvalue weighted by atomic mass is 9.45. The van der Waals surface area contributed by atoms with E-state index in [0.29, 0.717) is 28.8 Å². The number of rotatable bonds is 7. The molecule has 2 aromatic rings. The molecule has 5 rings (SSSR count). The van der Waals surface area contributed by atoms with Crippen LogP contribution in [0.4, 0.5) is 5.69 Å². The Morgan fingerprint density at radius 1 is 1.29 bits per heavy atom. The molecule has 0 spiro atoms. The van der Waals surface area contributed by atoms with Gasteiger partial charge in [0.15, 0.2) is 0 Å². The molecule has 0 aliphatic heterocycles. The quantitative estimate of drug-likeness (QED) is 0.642. The molecule has 0 unspecified atom stereocenters. The smallest absolute Gasteiger partial charge is 0.283 e. The van der Waals surface area contributed by atoms with E-state index in [1.54, 1.807) is 18.6 Å². The van der Waals surface area contributed by atoms with E-state index < -0.39 is 0 Å². The maximum atomic E-state index is 13.0. The van der Waals surface area contributed by atoms with Crippen LogP contribution in [-0.4, -0.2) is 33.0 Å². The van der Waals surface area contributed by atoms with Crippen LogP contribution in [0, 0.1) is 23.2 Å². The molecule has 3 saturated carbocycles. The topological polar surface area (TPSA) is 88.9 Å². The van der Waals surface area contributed by atoms with Gasteiger partial charge in [0.1, 0.15) is 6.54 Å². The van der Waals surface area contributed by atoms with E-state index in [1.165, 1.54) is 22.9 Å². The number of carbonyl (C=O) groups is 1. The zero-order valence-electron chi connectivity index (χ0n) is 18.6. The summed E-state index contributed by atoms with van der Waals surface area (Å²) in [7, 11) is 0. The number of hydrogen-bond donors (Lipinski definition) is 2. The lowest BCUT2D eigenvalue weighted by molar-refractivity contribution is -0.122. The number of anilines is 1. The predicted octanol–water partition coefficient (Wildman–Crippen LogP) is 3.16. The van der Waals surface area contributed by atoms with Crippen molar-refractivity contribution in [2.45, 2.75) is 57.6 Å². The fourth-order valence-corrected chi connectivity index (χ4v) is 5.93. The van der Waals surface area contributed by atoms with Crippen molar-refractivity contribution in [1.29, 1.82) is 0 Å². The number of nitrogens with zero attached hydrogens (tertiary/aromatic N) is 3. The van der Waals surface area contributed by atoms with Gasteiger partial charge < -0.3 is 10.6 Å². The second-order valence-corrected chi connectivity index (χ2v) is 10.2. The van der Waals surface area contributed by atoms with Crippen molar-refractivity contribution >= 4 is 23.4 Å². The molecule has 1 amide bonds. The third-order valence-corrected chi connectivity index (χ3v) is 8.23. The van der Waals surface area contributed by atoms with Crippen LogP contribution >= 0.6 is 11.8 Å². The first-order chi connectivity index (χ1) is 14.8. The van der Waals surface area contributed by atoms with Gasteiger partial charge in [0.2, 0.25) is 5.91 Å². The van der Waals surface area contributed by atoms with Crippen LogP contribution in [0.2, 0.25) is 0 Å².